The van der Waals surface area contributed by atoms with Crippen LogP contribution in [-0.2, 0) is 22.6 Å². The van der Waals surface area contributed by atoms with Gasteiger partial charge in [0.25, 0.3) is 0 Å². The number of aromatic nitrogens is 3. The molecule has 33 heavy (non-hydrogen) atoms. The molecule has 0 spiro atoms. The Bertz CT molecular complexity index is 1220. The molecule has 0 bridgehead atoms. The molecule has 1 aromatic carbocycles. The normalized spacial score (nSPS) is 19.2. The molecule has 0 atom stereocenters. The molecule has 4 heterocycles. The minimum Gasteiger partial charge on any atom is -0.381 e. The molecule has 1 saturated carbocycles. The number of amides is 1. The fourth-order valence-electron chi connectivity index (χ4n) is 5.56. The van der Waals surface area contributed by atoms with E-state index in [1.165, 1.54) is 46.6 Å². The SMILES string of the molecule is CCC(=O)N1CCn2c(C3CC3)nc(-c3c(C)ccc4cc(C5CCOCC5)ncc34)c2C1. The van der Waals surface area contributed by atoms with Crippen LogP contribution in [0.5, 0.6) is 0 Å². The fraction of sp³-hybridized carbons (Fsp3) is 0.519. The van der Waals surface area contributed by atoms with E-state index < -0.39 is 0 Å². The van der Waals surface area contributed by atoms with Gasteiger partial charge < -0.3 is 14.2 Å². The molecule has 0 N–H and O–H groups in total. The fourth-order valence-corrected chi connectivity index (χ4v) is 5.56. The Kier molecular flexibility index (Phi) is 5.21. The highest BCUT2D eigenvalue weighted by molar-refractivity contribution is 5.97. The number of pyridine rings is 1. The number of carbonyl (C=O) groups is 1. The maximum absolute atomic E-state index is 12.5. The summed E-state index contributed by atoms with van der Waals surface area (Å²) in [5.74, 6) is 2.48. The second kappa shape index (κ2) is 8.24. The molecular formula is C27H32N4O2. The van der Waals surface area contributed by atoms with E-state index in [4.69, 9.17) is 14.7 Å². The molecule has 3 aromatic rings. The lowest BCUT2D eigenvalue weighted by Crippen LogP contribution is -2.38. The topological polar surface area (TPSA) is 60.2 Å². The average molecular weight is 445 g/mol. The standard InChI is InChI=1S/C27H32N4O2/c1-3-24(32)30-10-11-31-23(16-30)26(29-27(31)19-6-7-19)25-17(2)4-5-20-14-22(28-15-21(20)25)18-8-12-33-13-9-18/h4-5,14-15,18-19H,3,6-13,16H2,1-2H3. The highest BCUT2D eigenvalue weighted by Crippen LogP contribution is 2.44. The van der Waals surface area contributed by atoms with Gasteiger partial charge in [0.1, 0.15) is 5.82 Å². The van der Waals surface area contributed by atoms with Crippen LogP contribution in [0.25, 0.3) is 22.0 Å². The van der Waals surface area contributed by atoms with Crippen molar-refractivity contribution in [3.63, 3.8) is 0 Å². The summed E-state index contributed by atoms with van der Waals surface area (Å²) in [5.41, 5.74) is 5.81. The lowest BCUT2D eigenvalue weighted by molar-refractivity contribution is -0.132. The highest BCUT2D eigenvalue weighted by Gasteiger charge is 2.35. The van der Waals surface area contributed by atoms with Gasteiger partial charge in [0.15, 0.2) is 0 Å². The molecule has 6 rings (SSSR count). The number of hydrogen-bond acceptors (Lipinski definition) is 4. The molecule has 2 aromatic heterocycles. The Labute approximate surface area is 195 Å². The smallest absolute Gasteiger partial charge is 0.222 e. The van der Waals surface area contributed by atoms with Gasteiger partial charge in [-0.25, -0.2) is 4.98 Å². The van der Waals surface area contributed by atoms with Crippen LogP contribution in [0.1, 0.15) is 73.6 Å². The minimum atomic E-state index is 0.221. The van der Waals surface area contributed by atoms with E-state index in [9.17, 15) is 4.79 Å². The van der Waals surface area contributed by atoms with E-state index >= 15 is 0 Å². The lowest BCUT2D eigenvalue weighted by Gasteiger charge is -2.29. The molecule has 2 aliphatic heterocycles. The van der Waals surface area contributed by atoms with Crippen molar-refractivity contribution in [3.8, 4) is 11.3 Å². The number of benzene rings is 1. The van der Waals surface area contributed by atoms with Crippen LogP contribution < -0.4 is 0 Å². The quantitative estimate of drug-likeness (QED) is 0.572. The Balaban J connectivity index is 1.47. The summed E-state index contributed by atoms with van der Waals surface area (Å²) in [6.07, 6.45) is 7.12. The molecule has 172 valence electrons. The Hall–Kier alpha value is -2.73. The number of aryl methyl sites for hydroxylation is 1. The van der Waals surface area contributed by atoms with Crippen molar-refractivity contribution in [1.29, 1.82) is 0 Å². The third-order valence-electron chi connectivity index (χ3n) is 7.64. The van der Waals surface area contributed by atoms with Gasteiger partial charge in [-0.2, -0.15) is 0 Å². The Morgan fingerprint density at radius 1 is 1.12 bits per heavy atom. The van der Waals surface area contributed by atoms with Crippen LogP contribution in [0.4, 0.5) is 0 Å². The van der Waals surface area contributed by atoms with Crippen molar-refractivity contribution in [2.75, 3.05) is 19.8 Å². The summed E-state index contributed by atoms with van der Waals surface area (Å²) in [7, 11) is 0. The van der Waals surface area contributed by atoms with Crippen molar-refractivity contribution >= 4 is 16.7 Å². The lowest BCUT2D eigenvalue weighted by atomic mass is 9.92. The maximum atomic E-state index is 12.5. The maximum Gasteiger partial charge on any atom is 0.222 e. The zero-order valence-electron chi connectivity index (χ0n) is 19.6. The van der Waals surface area contributed by atoms with Crippen LogP contribution in [0.2, 0.25) is 0 Å². The van der Waals surface area contributed by atoms with Crippen molar-refractivity contribution in [2.45, 2.75) is 70.9 Å². The monoisotopic (exact) mass is 444 g/mol. The van der Waals surface area contributed by atoms with Gasteiger partial charge >= 0.3 is 0 Å². The minimum absolute atomic E-state index is 0.221. The van der Waals surface area contributed by atoms with Crippen LogP contribution in [-0.4, -0.2) is 45.1 Å². The second-order valence-electron chi connectivity index (χ2n) is 9.83. The molecule has 3 aliphatic rings. The second-order valence-corrected chi connectivity index (χ2v) is 9.83. The van der Waals surface area contributed by atoms with Gasteiger partial charge in [-0.15, -0.1) is 0 Å². The van der Waals surface area contributed by atoms with E-state index in [-0.39, 0.29) is 5.91 Å². The number of hydrogen-bond donors (Lipinski definition) is 0. The van der Waals surface area contributed by atoms with Crippen molar-refractivity contribution in [3.05, 3.63) is 47.2 Å². The molecule has 0 radical (unpaired) electrons. The van der Waals surface area contributed by atoms with E-state index in [1.54, 1.807) is 0 Å². The van der Waals surface area contributed by atoms with Gasteiger partial charge in [0.05, 0.1) is 17.9 Å². The number of carbonyl (C=O) groups excluding carboxylic acids is 1. The van der Waals surface area contributed by atoms with Crippen molar-refractivity contribution in [2.24, 2.45) is 0 Å². The number of fused-ring (bicyclic) bond motifs is 2. The highest BCUT2D eigenvalue weighted by atomic mass is 16.5. The Morgan fingerprint density at radius 2 is 1.94 bits per heavy atom. The molecule has 1 amide bonds. The summed E-state index contributed by atoms with van der Waals surface area (Å²) in [4.78, 5) is 24.7. The van der Waals surface area contributed by atoms with Crippen molar-refractivity contribution in [1.82, 2.24) is 19.4 Å². The predicted molar refractivity (Wildman–Crippen MR) is 128 cm³/mol. The predicted octanol–water partition coefficient (Wildman–Crippen LogP) is 4.93. The third kappa shape index (κ3) is 3.65. The number of ether oxygens (including phenoxy) is 1. The Morgan fingerprint density at radius 3 is 2.70 bits per heavy atom. The van der Waals surface area contributed by atoms with Gasteiger partial charge in [0.2, 0.25) is 5.91 Å². The summed E-state index contributed by atoms with van der Waals surface area (Å²) < 4.78 is 7.96. The largest absolute Gasteiger partial charge is 0.381 e. The average Bonchev–Trinajstić information content (AvgIpc) is 3.64. The molecule has 0 unspecified atom stereocenters. The van der Waals surface area contributed by atoms with Crippen LogP contribution >= 0.6 is 0 Å². The molecule has 6 nitrogen and oxygen atoms in total. The van der Waals surface area contributed by atoms with Gasteiger partial charge in [-0.05, 0) is 49.6 Å². The molecule has 2 fully saturated rings. The first-order valence-corrected chi connectivity index (χ1v) is 12.5. The molecular weight excluding hydrogens is 412 g/mol. The molecule has 6 heteroatoms. The summed E-state index contributed by atoms with van der Waals surface area (Å²) in [5, 5.41) is 2.38. The van der Waals surface area contributed by atoms with Gasteiger partial charge in [-0.3, -0.25) is 9.78 Å². The van der Waals surface area contributed by atoms with E-state index in [1.807, 2.05) is 11.8 Å². The number of imidazole rings is 1. The number of rotatable bonds is 4. The van der Waals surface area contributed by atoms with Gasteiger partial charge in [0, 0.05) is 67.4 Å². The first-order valence-electron chi connectivity index (χ1n) is 12.5. The zero-order chi connectivity index (χ0) is 22.5. The summed E-state index contributed by atoms with van der Waals surface area (Å²) in [6.45, 7) is 8.02. The summed E-state index contributed by atoms with van der Waals surface area (Å²) in [6, 6.07) is 6.70. The molecule has 1 saturated heterocycles. The van der Waals surface area contributed by atoms with Crippen LogP contribution in [0, 0.1) is 6.92 Å². The van der Waals surface area contributed by atoms with Crippen LogP contribution in [0.3, 0.4) is 0 Å². The summed E-state index contributed by atoms with van der Waals surface area (Å²) >= 11 is 0. The molecule has 1 aliphatic carbocycles. The van der Waals surface area contributed by atoms with E-state index in [2.05, 4.69) is 35.9 Å². The van der Waals surface area contributed by atoms with E-state index in [0.717, 1.165) is 50.2 Å². The zero-order valence-corrected chi connectivity index (χ0v) is 19.6. The first-order chi connectivity index (χ1) is 16.1. The van der Waals surface area contributed by atoms with Crippen LogP contribution in [0.15, 0.2) is 24.4 Å². The van der Waals surface area contributed by atoms with Gasteiger partial charge in [-0.1, -0.05) is 19.1 Å². The number of nitrogens with zero attached hydrogens (tertiary/aromatic N) is 4. The first kappa shape index (κ1) is 20.8. The van der Waals surface area contributed by atoms with Crippen molar-refractivity contribution < 1.29 is 9.53 Å². The third-order valence-corrected chi connectivity index (χ3v) is 7.64. The van der Waals surface area contributed by atoms with E-state index in [0.29, 0.717) is 24.8 Å².